The van der Waals surface area contributed by atoms with Crippen molar-refractivity contribution >= 4 is 11.9 Å². The molecule has 0 spiro atoms. The molecule has 8 nitrogen and oxygen atoms in total. The Kier molecular flexibility index (Phi) is 4.78. The van der Waals surface area contributed by atoms with Gasteiger partial charge >= 0.3 is 11.9 Å². The number of furan rings is 1. The van der Waals surface area contributed by atoms with E-state index in [1.807, 2.05) is 0 Å². The van der Waals surface area contributed by atoms with Crippen molar-refractivity contribution < 1.29 is 27.9 Å². The maximum Gasteiger partial charge on any atom is 0.378 e. The van der Waals surface area contributed by atoms with Gasteiger partial charge in [0.1, 0.15) is 18.2 Å². The van der Waals surface area contributed by atoms with Crippen molar-refractivity contribution in [1.29, 1.82) is 0 Å². The first-order valence-electron chi connectivity index (χ1n) is 7.51. The van der Waals surface area contributed by atoms with Crippen molar-refractivity contribution in [3.05, 3.63) is 65.4 Å². The normalized spacial score (nSPS) is 10.6. The minimum Gasteiger partial charge on any atom is -0.463 e. The maximum absolute atomic E-state index is 13.0. The molecule has 0 saturated carbocycles. The Balaban J connectivity index is 1.73. The molecule has 0 saturated heterocycles. The number of aromatic nitrogens is 3. The average molecular weight is 359 g/mol. The van der Waals surface area contributed by atoms with Gasteiger partial charge in [0.05, 0.1) is 19.1 Å². The number of benzene rings is 1. The van der Waals surface area contributed by atoms with E-state index in [-0.39, 0.29) is 24.0 Å². The van der Waals surface area contributed by atoms with Gasteiger partial charge in [-0.05, 0) is 37.3 Å². The van der Waals surface area contributed by atoms with Crippen LogP contribution in [0.3, 0.4) is 0 Å². The highest BCUT2D eigenvalue weighted by molar-refractivity contribution is 5.88. The van der Waals surface area contributed by atoms with Gasteiger partial charge < -0.3 is 13.9 Å². The first-order valence-corrected chi connectivity index (χ1v) is 7.51. The van der Waals surface area contributed by atoms with Crippen LogP contribution in [0.15, 0.2) is 41.0 Å². The molecule has 3 rings (SSSR count). The van der Waals surface area contributed by atoms with Gasteiger partial charge in [-0.3, -0.25) is 0 Å². The quantitative estimate of drug-likeness (QED) is 0.646. The highest BCUT2D eigenvalue weighted by Crippen LogP contribution is 2.15. The van der Waals surface area contributed by atoms with Crippen molar-refractivity contribution in [2.24, 2.45) is 0 Å². The number of esters is 2. The largest absolute Gasteiger partial charge is 0.463 e. The Labute approximate surface area is 147 Å². The van der Waals surface area contributed by atoms with Crippen LogP contribution < -0.4 is 0 Å². The average Bonchev–Trinajstić information content (AvgIpc) is 3.26. The Morgan fingerprint density at radius 3 is 2.62 bits per heavy atom. The van der Waals surface area contributed by atoms with Gasteiger partial charge in [0.25, 0.3) is 5.82 Å². The summed E-state index contributed by atoms with van der Waals surface area (Å²) in [5.41, 5.74) is 0.915. The molecule has 0 bridgehead atoms. The summed E-state index contributed by atoms with van der Waals surface area (Å²) in [7, 11) is 1.22. The number of ether oxygens (including phenoxy) is 2. The molecule has 0 aliphatic heterocycles. The van der Waals surface area contributed by atoms with Crippen molar-refractivity contribution in [1.82, 2.24) is 14.8 Å². The fourth-order valence-electron chi connectivity index (χ4n) is 2.23. The fourth-order valence-corrected chi connectivity index (χ4v) is 2.23. The second kappa shape index (κ2) is 7.18. The van der Waals surface area contributed by atoms with Crippen LogP contribution in [0.1, 0.15) is 32.6 Å². The van der Waals surface area contributed by atoms with E-state index in [1.165, 1.54) is 48.4 Å². The maximum atomic E-state index is 13.0. The molecule has 2 heterocycles. The lowest BCUT2D eigenvalue weighted by molar-refractivity contribution is 0.0441. The zero-order valence-corrected chi connectivity index (χ0v) is 13.9. The summed E-state index contributed by atoms with van der Waals surface area (Å²) >= 11 is 0. The van der Waals surface area contributed by atoms with Crippen LogP contribution in [0.5, 0.6) is 0 Å². The molecule has 0 N–H and O–H groups in total. The Bertz CT molecular complexity index is 946. The third kappa shape index (κ3) is 3.46. The molecule has 134 valence electrons. The predicted octanol–water partition coefficient (Wildman–Crippen LogP) is 2.45. The molecular formula is C17H14FN3O5. The lowest BCUT2D eigenvalue weighted by atomic mass is 10.2. The van der Waals surface area contributed by atoms with Gasteiger partial charge in [-0.2, -0.15) is 0 Å². The Morgan fingerprint density at radius 2 is 1.92 bits per heavy atom. The summed E-state index contributed by atoms with van der Waals surface area (Å²) in [5.74, 6) is -1.59. The molecule has 0 fully saturated rings. The molecular weight excluding hydrogens is 345 g/mol. The van der Waals surface area contributed by atoms with Crippen LogP contribution in [0, 0.1) is 12.7 Å². The molecule has 0 amide bonds. The lowest BCUT2D eigenvalue weighted by Gasteiger charge is -2.03. The summed E-state index contributed by atoms with van der Waals surface area (Å²) in [6.07, 6.45) is 1.29. The summed E-state index contributed by atoms with van der Waals surface area (Å²) in [6, 6.07) is 7.08. The van der Waals surface area contributed by atoms with Gasteiger partial charge in [-0.1, -0.05) is 0 Å². The highest BCUT2D eigenvalue weighted by atomic mass is 19.1. The zero-order valence-electron chi connectivity index (χ0n) is 13.9. The van der Waals surface area contributed by atoms with Crippen molar-refractivity contribution in [3.8, 4) is 5.69 Å². The Morgan fingerprint density at radius 1 is 1.19 bits per heavy atom. The molecule has 0 aliphatic rings. The van der Waals surface area contributed by atoms with E-state index in [9.17, 15) is 14.0 Å². The minimum atomic E-state index is -0.772. The highest BCUT2D eigenvalue weighted by Gasteiger charge is 2.20. The molecule has 1 aromatic carbocycles. The second-order valence-corrected chi connectivity index (χ2v) is 5.21. The summed E-state index contributed by atoms with van der Waals surface area (Å²) in [4.78, 5) is 27.8. The molecule has 9 heteroatoms. The molecule has 0 aliphatic carbocycles. The van der Waals surface area contributed by atoms with Crippen molar-refractivity contribution in [2.75, 3.05) is 7.11 Å². The fraction of sp³-hybridized carbons (Fsp3) is 0.176. The summed E-state index contributed by atoms with van der Waals surface area (Å²) in [6.45, 7) is 1.45. The van der Waals surface area contributed by atoms with Crippen LogP contribution in [-0.4, -0.2) is 33.8 Å². The first kappa shape index (κ1) is 17.3. The second-order valence-electron chi connectivity index (χ2n) is 5.21. The lowest BCUT2D eigenvalue weighted by Crippen LogP contribution is -2.10. The van der Waals surface area contributed by atoms with E-state index in [1.54, 1.807) is 6.92 Å². The standard InChI is InChI=1S/C17H14FN3O5/c1-10-19-15(20-21(10)13-5-3-12(18)4-6-13)17(23)26-9-11-7-8-25-14(11)16(22)24-2/h3-8H,9H2,1-2H3. The monoisotopic (exact) mass is 359 g/mol. The number of rotatable bonds is 5. The topological polar surface area (TPSA) is 96.5 Å². The number of hydrogen-bond donors (Lipinski definition) is 0. The van der Waals surface area contributed by atoms with Gasteiger partial charge in [-0.25, -0.2) is 23.6 Å². The summed E-state index contributed by atoms with van der Waals surface area (Å²) < 4.78 is 29.1. The molecule has 2 aromatic heterocycles. The zero-order chi connectivity index (χ0) is 18.7. The minimum absolute atomic E-state index is 0.0405. The van der Waals surface area contributed by atoms with Crippen LogP contribution in [-0.2, 0) is 16.1 Å². The number of carbonyl (C=O) groups is 2. The predicted molar refractivity (Wildman–Crippen MR) is 85.2 cm³/mol. The Hall–Kier alpha value is -3.49. The van der Waals surface area contributed by atoms with Crippen molar-refractivity contribution in [2.45, 2.75) is 13.5 Å². The third-order valence-electron chi connectivity index (χ3n) is 3.50. The van der Waals surface area contributed by atoms with Gasteiger partial charge in [0.2, 0.25) is 5.76 Å². The number of aryl methyl sites for hydroxylation is 1. The molecule has 0 unspecified atom stereocenters. The first-order chi connectivity index (χ1) is 12.5. The van der Waals surface area contributed by atoms with E-state index in [0.29, 0.717) is 17.1 Å². The molecule has 0 atom stereocenters. The van der Waals surface area contributed by atoms with Crippen LogP contribution in [0.4, 0.5) is 4.39 Å². The number of methoxy groups -OCH3 is 1. The summed E-state index contributed by atoms with van der Waals surface area (Å²) in [5, 5.41) is 4.08. The smallest absolute Gasteiger partial charge is 0.378 e. The SMILES string of the molecule is COC(=O)c1occc1COC(=O)c1nc(C)n(-c2ccc(F)cc2)n1. The number of carbonyl (C=O) groups excluding carboxylic acids is 2. The van der Waals surface area contributed by atoms with Gasteiger partial charge in [0, 0.05) is 5.56 Å². The molecule has 0 radical (unpaired) electrons. The van der Waals surface area contributed by atoms with E-state index < -0.39 is 11.9 Å². The number of halogens is 1. The van der Waals surface area contributed by atoms with E-state index in [0.717, 1.165) is 0 Å². The molecule has 26 heavy (non-hydrogen) atoms. The van der Waals surface area contributed by atoms with Gasteiger partial charge in [-0.15, -0.1) is 5.10 Å². The van der Waals surface area contributed by atoms with E-state index >= 15 is 0 Å². The van der Waals surface area contributed by atoms with Crippen molar-refractivity contribution in [3.63, 3.8) is 0 Å². The van der Waals surface area contributed by atoms with Crippen LogP contribution in [0.2, 0.25) is 0 Å². The number of hydrogen-bond acceptors (Lipinski definition) is 7. The van der Waals surface area contributed by atoms with Crippen LogP contribution >= 0.6 is 0 Å². The van der Waals surface area contributed by atoms with E-state index in [4.69, 9.17) is 9.15 Å². The van der Waals surface area contributed by atoms with E-state index in [2.05, 4.69) is 14.8 Å². The van der Waals surface area contributed by atoms with Gasteiger partial charge in [0.15, 0.2) is 0 Å². The van der Waals surface area contributed by atoms with Crippen LogP contribution in [0.25, 0.3) is 5.69 Å². The third-order valence-corrected chi connectivity index (χ3v) is 3.50. The number of nitrogens with zero attached hydrogens (tertiary/aromatic N) is 3. The molecule has 3 aromatic rings.